The van der Waals surface area contributed by atoms with Gasteiger partial charge < -0.3 is 10.1 Å². The van der Waals surface area contributed by atoms with Crippen LogP contribution in [0.15, 0.2) is 65.6 Å². The van der Waals surface area contributed by atoms with Crippen LogP contribution in [0.5, 0.6) is 5.75 Å². The van der Waals surface area contributed by atoms with E-state index >= 15 is 0 Å². The van der Waals surface area contributed by atoms with Crippen molar-refractivity contribution in [3.05, 3.63) is 88.5 Å². The molecule has 0 heterocycles. The standard InChI is InChI=1S/C25H28N2O4S/c1-17-6-5-7-23(15-17)31-11-10-26-25(28)21-9-8-20(4)24(16-21)32(29,30)27-22-13-18(2)12-19(3)14-22/h5-9,12-16,27H,10-11H2,1-4H3,(H,26,28). The van der Waals surface area contributed by atoms with Gasteiger partial charge in [0, 0.05) is 11.3 Å². The largest absolute Gasteiger partial charge is 0.492 e. The number of anilines is 1. The molecule has 3 aromatic rings. The zero-order valence-electron chi connectivity index (χ0n) is 18.7. The minimum Gasteiger partial charge on any atom is -0.492 e. The predicted octanol–water partition coefficient (Wildman–Crippen LogP) is 4.53. The molecular weight excluding hydrogens is 424 g/mol. The summed E-state index contributed by atoms with van der Waals surface area (Å²) in [6.07, 6.45) is 0. The lowest BCUT2D eigenvalue weighted by atomic mass is 10.1. The van der Waals surface area contributed by atoms with Gasteiger partial charge in [0.2, 0.25) is 0 Å². The summed E-state index contributed by atoms with van der Waals surface area (Å²) < 4.78 is 34.3. The van der Waals surface area contributed by atoms with Crippen LogP contribution in [-0.4, -0.2) is 27.5 Å². The Morgan fingerprint density at radius 3 is 2.28 bits per heavy atom. The number of rotatable bonds is 8. The van der Waals surface area contributed by atoms with E-state index in [-0.39, 0.29) is 16.4 Å². The second kappa shape index (κ2) is 9.87. The zero-order valence-corrected chi connectivity index (χ0v) is 19.5. The number of benzene rings is 3. The Morgan fingerprint density at radius 1 is 0.875 bits per heavy atom. The summed E-state index contributed by atoms with van der Waals surface area (Å²) in [6.45, 7) is 8.09. The quantitative estimate of drug-likeness (QED) is 0.492. The Kier molecular flexibility index (Phi) is 7.20. The van der Waals surface area contributed by atoms with Crippen molar-refractivity contribution >= 4 is 21.6 Å². The highest BCUT2D eigenvalue weighted by atomic mass is 32.2. The number of nitrogens with one attached hydrogen (secondary N) is 2. The summed E-state index contributed by atoms with van der Waals surface area (Å²) >= 11 is 0. The molecular formula is C25H28N2O4S. The minimum absolute atomic E-state index is 0.0697. The van der Waals surface area contributed by atoms with Gasteiger partial charge in [0.1, 0.15) is 12.4 Å². The molecule has 0 unspecified atom stereocenters. The van der Waals surface area contributed by atoms with E-state index in [2.05, 4.69) is 10.0 Å². The van der Waals surface area contributed by atoms with Gasteiger partial charge in [0.25, 0.3) is 15.9 Å². The molecule has 2 N–H and O–H groups in total. The fraction of sp³-hybridized carbons (Fsp3) is 0.240. The smallest absolute Gasteiger partial charge is 0.262 e. The van der Waals surface area contributed by atoms with Gasteiger partial charge in [0.15, 0.2) is 0 Å². The number of aryl methyl sites for hydroxylation is 4. The molecule has 0 bridgehead atoms. The summed E-state index contributed by atoms with van der Waals surface area (Å²) in [7, 11) is -3.85. The normalized spacial score (nSPS) is 11.1. The fourth-order valence-electron chi connectivity index (χ4n) is 3.42. The van der Waals surface area contributed by atoms with Crippen molar-refractivity contribution in [2.75, 3.05) is 17.9 Å². The molecule has 0 fully saturated rings. The highest BCUT2D eigenvalue weighted by Gasteiger charge is 2.19. The lowest BCUT2D eigenvalue weighted by molar-refractivity contribution is 0.0946. The number of sulfonamides is 1. The van der Waals surface area contributed by atoms with E-state index in [1.807, 2.05) is 51.1 Å². The molecule has 0 aliphatic carbocycles. The Morgan fingerprint density at radius 2 is 1.59 bits per heavy atom. The Balaban J connectivity index is 1.68. The van der Waals surface area contributed by atoms with Crippen molar-refractivity contribution in [3.8, 4) is 5.75 Å². The molecule has 0 aromatic heterocycles. The number of ether oxygens (including phenoxy) is 1. The van der Waals surface area contributed by atoms with Crippen molar-refractivity contribution in [1.29, 1.82) is 0 Å². The first-order chi connectivity index (χ1) is 15.1. The Labute approximate surface area is 189 Å². The average Bonchev–Trinajstić information content (AvgIpc) is 2.70. The summed E-state index contributed by atoms with van der Waals surface area (Å²) in [5, 5.41) is 2.77. The third kappa shape index (κ3) is 6.11. The zero-order chi connectivity index (χ0) is 23.3. The molecule has 0 saturated carbocycles. The lowest BCUT2D eigenvalue weighted by Gasteiger charge is -2.13. The molecule has 0 saturated heterocycles. The molecule has 0 atom stereocenters. The van der Waals surface area contributed by atoms with Crippen molar-refractivity contribution < 1.29 is 17.9 Å². The van der Waals surface area contributed by atoms with Gasteiger partial charge in [-0.1, -0.05) is 24.3 Å². The number of carbonyl (C=O) groups excluding carboxylic acids is 1. The second-order valence-electron chi connectivity index (χ2n) is 7.88. The first-order valence-corrected chi connectivity index (χ1v) is 11.8. The second-order valence-corrected chi connectivity index (χ2v) is 9.53. The molecule has 7 heteroatoms. The minimum atomic E-state index is -3.85. The highest BCUT2D eigenvalue weighted by Crippen LogP contribution is 2.22. The van der Waals surface area contributed by atoms with Gasteiger partial charge in [-0.2, -0.15) is 0 Å². The van der Waals surface area contributed by atoms with E-state index in [0.717, 1.165) is 22.4 Å². The van der Waals surface area contributed by atoms with Crippen molar-refractivity contribution in [2.24, 2.45) is 0 Å². The van der Waals surface area contributed by atoms with E-state index in [4.69, 9.17) is 4.74 Å². The molecule has 0 radical (unpaired) electrons. The van der Waals surface area contributed by atoms with Gasteiger partial charge in [-0.3, -0.25) is 9.52 Å². The van der Waals surface area contributed by atoms with Gasteiger partial charge in [-0.15, -0.1) is 0 Å². The van der Waals surface area contributed by atoms with Crippen LogP contribution in [0.2, 0.25) is 0 Å². The predicted molar refractivity (Wildman–Crippen MR) is 127 cm³/mol. The van der Waals surface area contributed by atoms with E-state index in [9.17, 15) is 13.2 Å². The van der Waals surface area contributed by atoms with E-state index in [1.54, 1.807) is 31.2 Å². The number of hydrogen-bond donors (Lipinski definition) is 2. The molecule has 3 rings (SSSR count). The molecule has 0 spiro atoms. The van der Waals surface area contributed by atoms with Crippen molar-refractivity contribution in [3.63, 3.8) is 0 Å². The van der Waals surface area contributed by atoms with Crippen LogP contribution in [0.1, 0.15) is 32.6 Å². The molecule has 168 valence electrons. The SMILES string of the molecule is Cc1cc(C)cc(NS(=O)(=O)c2cc(C(=O)NCCOc3cccc(C)c3)ccc2C)c1. The summed E-state index contributed by atoms with van der Waals surface area (Å²) in [5.74, 6) is 0.376. The number of hydrogen-bond acceptors (Lipinski definition) is 4. The van der Waals surface area contributed by atoms with Crippen molar-refractivity contribution in [1.82, 2.24) is 5.32 Å². The summed E-state index contributed by atoms with van der Waals surface area (Å²) in [6, 6.07) is 17.8. The lowest BCUT2D eigenvalue weighted by Crippen LogP contribution is -2.28. The van der Waals surface area contributed by atoms with E-state index in [1.165, 1.54) is 6.07 Å². The fourth-order valence-corrected chi connectivity index (χ4v) is 4.73. The van der Waals surface area contributed by atoms with E-state index in [0.29, 0.717) is 24.4 Å². The summed E-state index contributed by atoms with van der Waals surface area (Å²) in [5.41, 5.74) is 4.33. The monoisotopic (exact) mass is 452 g/mol. The maximum atomic E-state index is 13.0. The van der Waals surface area contributed by atoms with Gasteiger partial charge >= 0.3 is 0 Å². The molecule has 3 aromatic carbocycles. The summed E-state index contributed by atoms with van der Waals surface area (Å²) in [4.78, 5) is 12.6. The topological polar surface area (TPSA) is 84.5 Å². The highest BCUT2D eigenvalue weighted by molar-refractivity contribution is 7.92. The maximum absolute atomic E-state index is 13.0. The van der Waals surface area contributed by atoms with Crippen LogP contribution in [0, 0.1) is 27.7 Å². The van der Waals surface area contributed by atoms with Crippen LogP contribution in [-0.2, 0) is 10.0 Å². The molecule has 0 aliphatic rings. The third-order valence-corrected chi connectivity index (χ3v) is 6.38. The first-order valence-electron chi connectivity index (χ1n) is 10.3. The van der Waals surface area contributed by atoms with Crippen LogP contribution in [0.25, 0.3) is 0 Å². The average molecular weight is 453 g/mol. The molecule has 0 aliphatic heterocycles. The Bertz CT molecular complexity index is 1220. The van der Waals surface area contributed by atoms with Crippen molar-refractivity contribution in [2.45, 2.75) is 32.6 Å². The number of amides is 1. The van der Waals surface area contributed by atoms with Crippen LogP contribution < -0.4 is 14.8 Å². The number of carbonyl (C=O) groups is 1. The Hall–Kier alpha value is -3.32. The maximum Gasteiger partial charge on any atom is 0.262 e. The molecule has 6 nitrogen and oxygen atoms in total. The third-order valence-electron chi connectivity index (χ3n) is 4.86. The van der Waals surface area contributed by atoms with E-state index < -0.39 is 10.0 Å². The van der Waals surface area contributed by atoms with Crippen LogP contribution in [0.4, 0.5) is 5.69 Å². The van der Waals surface area contributed by atoms with Gasteiger partial charge in [-0.05, 0) is 86.3 Å². The van der Waals surface area contributed by atoms with Gasteiger partial charge in [0.05, 0.1) is 11.4 Å². The first kappa shape index (κ1) is 23.3. The van der Waals surface area contributed by atoms with Crippen LogP contribution in [0.3, 0.4) is 0 Å². The molecule has 1 amide bonds. The van der Waals surface area contributed by atoms with Crippen LogP contribution >= 0.6 is 0 Å². The van der Waals surface area contributed by atoms with Gasteiger partial charge in [-0.25, -0.2) is 8.42 Å². The molecule has 32 heavy (non-hydrogen) atoms.